The Kier molecular flexibility index (Phi) is 5.65. The summed E-state index contributed by atoms with van der Waals surface area (Å²) >= 11 is 1.72. The molecule has 1 aromatic rings. The predicted octanol–water partition coefficient (Wildman–Crippen LogP) is 2.71. The highest BCUT2D eigenvalue weighted by Crippen LogP contribution is 2.30. The number of aliphatic hydroxyl groups is 1. The lowest BCUT2D eigenvalue weighted by atomic mass is 10.2. The van der Waals surface area contributed by atoms with Gasteiger partial charge in [-0.2, -0.15) is 11.8 Å². The number of rotatable bonds is 6. The Morgan fingerprint density at radius 1 is 1.18 bits per heavy atom. The van der Waals surface area contributed by atoms with Crippen molar-refractivity contribution < 1.29 is 14.6 Å². The number of hydrogen-bond acceptors (Lipinski definition) is 4. The van der Waals surface area contributed by atoms with E-state index in [0.29, 0.717) is 0 Å². The minimum absolute atomic E-state index is 0.225. The Balaban J connectivity index is 2.66. The molecule has 0 fully saturated rings. The number of aliphatic hydroxyl groups excluding tert-OH is 1. The van der Waals surface area contributed by atoms with Crippen molar-refractivity contribution >= 4 is 11.8 Å². The van der Waals surface area contributed by atoms with E-state index >= 15 is 0 Å². The zero-order valence-electron chi connectivity index (χ0n) is 10.8. The van der Waals surface area contributed by atoms with E-state index in [1.165, 1.54) is 5.56 Å². The third-order valence-corrected chi connectivity index (χ3v) is 4.06. The monoisotopic (exact) mass is 256 g/mol. The van der Waals surface area contributed by atoms with Crippen molar-refractivity contribution in [1.29, 1.82) is 0 Å². The molecule has 0 saturated carbocycles. The van der Waals surface area contributed by atoms with E-state index in [0.717, 1.165) is 17.3 Å². The van der Waals surface area contributed by atoms with Crippen molar-refractivity contribution in [3.63, 3.8) is 0 Å². The second-order valence-electron chi connectivity index (χ2n) is 3.95. The van der Waals surface area contributed by atoms with Crippen LogP contribution in [0.4, 0.5) is 0 Å². The normalized spacial score (nSPS) is 14.2. The molecule has 96 valence electrons. The summed E-state index contributed by atoms with van der Waals surface area (Å²) in [6.45, 7) is 3.84. The Labute approximate surface area is 107 Å². The number of benzene rings is 1. The molecule has 0 saturated heterocycles. The van der Waals surface area contributed by atoms with Crippen molar-refractivity contribution in [2.75, 3.05) is 14.2 Å². The van der Waals surface area contributed by atoms with E-state index in [1.807, 2.05) is 32.0 Å². The maximum Gasteiger partial charge on any atom is 0.161 e. The molecule has 0 spiro atoms. The first-order valence-electron chi connectivity index (χ1n) is 5.59. The molecule has 3 nitrogen and oxygen atoms in total. The Morgan fingerprint density at radius 3 is 2.35 bits per heavy atom. The fourth-order valence-electron chi connectivity index (χ4n) is 1.34. The fourth-order valence-corrected chi connectivity index (χ4v) is 2.25. The summed E-state index contributed by atoms with van der Waals surface area (Å²) in [5, 5.41) is 9.64. The van der Waals surface area contributed by atoms with E-state index in [2.05, 4.69) is 0 Å². The van der Waals surface area contributed by atoms with Crippen molar-refractivity contribution in [3.8, 4) is 11.5 Å². The minimum atomic E-state index is -0.292. The summed E-state index contributed by atoms with van der Waals surface area (Å²) < 4.78 is 10.4. The quantitative estimate of drug-likeness (QED) is 0.849. The maximum absolute atomic E-state index is 9.42. The first-order chi connectivity index (χ1) is 8.08. The molecule has 2 unspecified atom stereocenters. The molecule has 2 atom stereocenters. The third-order valence-electron chi connectivity index (χ3n) is 2.64. The molecule has 0 amide bonds. The smallest absolute Gasteiger partial charge is 0.161 e. The predicted molar refractivity (Wildman–Crippen MR) is 72.0 cm³/mol. The van der Waals surface area contributed by atoms with Crippen LogP contribution in [0.15, 0.2) is 18.2 Å². The Bertz CT molecular complexity index is 353. The molecule has 17 heavy (non-hydrogen) atoms. The van der Waals surface area contributed by atoms with Gasteiger partial charge in [0.15, 0.2) is 11.5 Å². The topological polar surface area (TPSA) is 38.7 Å². The van der Waals surface area contributed by atoms with Crippen LogP contribution >= 0.6 is 11.8 Å². The zero-order chi connectivity index (χ0) is 12.8. The van der Waals surface area contributed by atoms with Gasteiger partial charge in [0.05, 0.1) is 20.3 Å². The van der Waals surface area contributed by atoms with E-state index in [9.17, 15) is 5.11 Å². The molecule has 1 N–H and O–H groups in total. The largest absolute Gasteiger partial charge is 0.493 e. The van der Waals surface area contributed by atoms with Gasteiger partial charge < -0.3 is 14.6 Å². The molecule has 0 heterocycles. The lowest BCUT2D eigenvalue weighted by Crippen LogP contribution is -2.15. The van der Waals surface area contributed by atoms with Gasteiger partial charge in [-0.05, 0) is 24.6 Å². The van der Waals surface area contributed by atoms with Crippen LogP contribution < -0.4 is 9.47 Å². The van der Waals surface area contributed by atoms with Crippen molar-refractivity contribution in [2.24, 2.45) is 0 Å². The van der Waals surface area contributed by atoms with Gasteiger partial charge in [-0.15, -0.1) is 0 Å². The second kappa shape index (κ2) is 6.77. The van der Waals surface area contributed by atoms with Crippen molar-refractivity contribution in [3.05, 3.63) is 23.8 Å². The average Bonchev–Trinajstić information content (AvgIpc) is 2.35. The molecule has 0 aliphatic heterocycles. The third kappa shape index (κ3) is 4.13. The molecule has 1 rings (SSSR count). The van der Waals surface area contributed by atoms with Gasteiger partial charge in [0, 0.05) is 11.0 Å². The lowest BCUT2D eigenvalue weighted by molar-refractivity contribution is 0.196. The Hall–Kier alpha value is -0.870. The van der Waals surface area contributed by atoms with Crippen molar-refractivity contribution in [2.45, 2.75) is 31.0 Å². The highest BCUT2D eigenvalue weighted by Gasteiger charge is 2.10. The van der Waals surface area contributed by atoms with Gasteiger partial charge in [0.2, 0.25) is 0 Å². The molecule has 4 heteroatoms. The van der Waals surface area contributed by atoms with Gasteiger partial charge in [-0.1, -0.05) is 13.0 Å². The molecule has 0 aliphatic carbocycles. The van der Waals surface area contributed by atoms with E-state index < -0.39 is 0 Å². The highest BCUT2D eigenvalue weighted by molar-refractivity contribution is 7.99. The lowest BCUT2D eigenvalue weighted by Gasteiger charge is -2.14. The molecular formula is C13H20O3S. The summed E-state index contributed by atoms with van der Waals surface area (Å²) in [5.41, 5.74) is 1.17. The second-order valence-corrected chi connectivity index (χ2v) is 5.31. The number of ether oxygens (including phenoxy) is 2. The van der Waals surface area contributed by atoms with Crippen LogP contribution in [0.25, 0.3) is 0 Å². The van der Waals surface area contributed by atoms with Crippen LogP contribution in [0.3, 0.4) is 0 Å². The van der Waals surface area contributed by atoms with Crippen LogP contribution in [-0.2, 0) is 5.75 Å². The fraction of sp³-hybridized carbons (Fsp3) is 0.538. The van der Waals surface area contributed by atoms with Gasteiger partial charge >= 0.3 is 0 Å². The molecule has 0 aromatic heterocycles. The van der Waals surface area contributed by atoms with E-state index in [4.69, 9.17) is 9.47 Å². The maximum atomic E-state index is 9.42. The average molecular weight is 256 g/mol. The van der Waals surface area contributed by atoms with Gasteiger partial charge in [0.25, 0.3) is 0 Å². The SMILES string of the molecule is COc1ccc(CSC(C)C(C)O)cc1OC. The van der Waals surface area contributed by atoms with Gasteiger partial charge in [0.1, 0.15) is 0 Å². The first kappa shape index (κ1) is 14.2. The van der Waals surface area contributed by atoms with Crippen LogP contribution in [-0.4, -0.2) is 30.7 Å². The number of thioether (sulfide) groups is 1. The van der Waals surface area contributed by atoms with Crippen LogP contribution in [0.5, 0.6) is 11.5 Å². The molecule has 1 aromatic carbocycles. The summed E-state index contributed by atoms with van der Waals surface area (Å²) in [7, 11) is 3.26. The number of methoxy groups -OCH3 is 2. The minimum Gasteiger partial charge on any atom is -0.493 e. The summed E-state index contributed by atoms with van der Waals surface area (Å²) in [6, 6.07) is 5.89. The summed E-state index contributed by atoms with van der Waals surface area (Å²) in [6.07, 6.45) is -0.292. The van der Waals surface area contributed by atoms with Crippen LogP contribution in [0.1, 0.15) is 19.4 Å². The van der Waals surface area contributed by atoms with Gasteiger partial charge in [-0.25, -0.2) is 0 Å². The number of hydrogen-bond donors (Lipinski definition) is 1. The zero-order valence-corrected chi connectivity index (χ0v) is 11.6. The summed E-state index contributed by atoms with van der Waals surface area (Å²) in [4.78, 5) is 0. The summed E-state index contributed by atoms with van der Waals surface area (Å²) in [5.74, 6) is 2.34. The molecule has 0 bridgehead atoms. The first-order valence-corrected chi connectivity index (χ1v) is 6.64. The van der Waals surface area contributed by atoms with Crippen molar-refractivity contribution in [1.82, 2.24) is 0 Å². The molecule has 0 radical (unpaired) electrons. The standard InChI is InChI=1S/C13H20O3S/c1-9(14)10(2)17-8-11-5-6-12(15-3)13(7-11)16-4/h5-7,9-10,14H,8H2,1-4H3. The van der Waals surface area contributed by atoms with Crippen LogP contribution in [0, 0.1) is 0 Å². The highest BCUT2D eigenvalue weighted by atomic mass is 32.2. The van der Waals surface area contributed by atoms with Gasteiger partial charge in [-0.3, -0.25) is 0 Å². The van der Waals surface area contributed by atoms with E-state index in [-0.39, 0.29) is 11.4 Å². The Morgan fingerprint density at radius 2 is 1.82 bits per heavy atom. The molecule has 0 aliphatic rings. The van der Waals surface area contributed by atoms with E-state index in [1.54, 1.807) is 26.0 Å². The van der Waals surface area contributed by atoms with Crippen LogP contribution in [0.2, 0.25) is 0 Å². The molecular weight excluding hydrogens is 236 g/mol.